The summed E-state index contributed by atoms with van der Waals surface area (Å²) in [6, 6.07) is 1.85. The molecule has 0 bridgehead atoms. The lowest BCUT2D eigenvalue weighted by molar-refractivity contribution is -0.134. The second kappa shape index (κ2) is 6.87. The summed E-state index contributed by atoms with van der Waals surface area (Å²) >= 11 is 0. The molecule has 2 rings (SSSR count). The van der Waals surface area contributed by atoms with E-state index in [1.54, 1.807) is 0 Å². The molecule has 1 amide bonds. The molecule has 5 heteroatoms. The number of piperidine rings is 1. The predicted molar refractivity (Wildman–Crippen MR) is 81.2 cm³/mol. The van der Waals surface area contributed by atoms with Crippen LogP contribution in [0.3, 0.4) is 0 Å². The van der Waals surface area contributed by atoms with Crippen molar-refractivity contribution < 1.29 is 9.53 Å². The number of aromatic nitrogens is 2. The van der Waals surface area contributed by atoms with Crippen LogP contribution in [0.2, 0.25) is 0 Å². The number of rotatable bonds is 4. The molecule has 1 aliphatic heterocycles. The van der Waals surface area contributed by atoms with E-state index in [0.717, 1.165) is 25.1 Å². The fourth-order valence-corrected chi connectivity index (χ4v) is 2.65. The van der Waals surface area contributed by atoms with Crippen LogP contribution in [0.15, 0.2) is 6.07 Å². The molecule has 1 saturated heterocycles. The standard InChI is InChI=1S/C16H25N3O2/c1-11(2)8-16(20)19-7-5-6-14(10-19)21-15-9-12(3)17-13(4)18-15/h9,11,14H,5-8,10H2,1-4H3. The highest BCUT2D eigenvalue weighted by atomic mass is 16.5. The highest BCUT2D eigenvalue weighted by molar-refractivity contribution is 5.76. The maximum absolute atomic E-state index is 12.2. The molecule has 1 atom stereocenters. The molecule has 2 heterocycles. The van der Waals surface area contributed by atoms with Gasteiger partial charge in [0.05, 0.1) is 6.54 Å². The van der Waals surface area contributed by atoms with Crippen molar-refractivity contribution in [3.63, 3.8) is 0 Å². The predicted octanol–water partition coefficient (Wildman–Crippen LogP) is 2.51. The maximum atomic E-state index is 12.2. The third-order valence-corrected chi connectivity index (χ3v) is 3.54. The highest BCUT2D eigenvalue weighted by Crippen LogP contribution is 2.19. The van der Waals surface area contributed by atoms with Crippen LogP contribution >= 0.6 is 0 Å². The molecule has 21 heavy (non-hydrogen) atoms. The van der Waals surface area contributed by atoms with Crippen molar-refractivity contribution in [1.82, 2.24) is 14.9 Å². The minimum absolute atomic E-state index is 0.0311. The summed E-state index contributed by atoms with van der Waals surface area (Å²) in [6.45, 7) is 9.44. The zero-order chi connectivity index (χ0) is 15.4. The molecule has 1 aliphatic rings. The number of aryl methyl sites for hydroxylation is 2. The Bertz CT molecular complexity index is 482. The maximum Gasteiger partial charge on any atom is 0.222 e. The van der Waals surface area contributed by atoms with Crippen molar-refractivity contribution >= 4 is 5.91 Å². The van der Waals surface area contributed by atoms with Crippen molar-refractivity contribution in [3.05, 3.63) is 17.6 Å². The van der Waals surface area contributed by atoms with Gasteiger partial charge in [-0.25, -0.2) is 4.98 Å². The molecule has 1 fully saturated rings. The minimum atomic E-state index is 0.0311. The van der Waals surface area contributed by atoms with E-state index in [0.29, 0.717) is 30.6 Å². The molecule has 0 N–H and O–H groups in total. The summed E-state index contributed by atoms with van der Waals surface area (Å²) in [5.74, 6) is 1.95. The van der Waals surface area contributed by atoms with Crippen LogP contribution in [0.25, 0.3) is 0 Å². The van der Waals surface area contributed by atoms with Crippen LogP contribution in [0, 0.1) is 19.8 Å². The van der Waals surface area contributed by atoms with E-state index in [4.69, 9.17) is 4.74 Å². The average molecular weight is 291 g/mol. The molecule has 1 unspecified atom stereocenters. The first kappa shape index (κ1) is 15.7. The quantitative estimate of drug-likeness (QED) is 0.855. The van der Waals surface area contributed by atoms with Gasteiger partial charge >= 0.3 is 0 Å². The summed E-state index contributed by atoms with van der Waals surface area (Å²) in [4.78, 5) is 22.6. The molecule has 0 radical (unpaired) electrons. The zero-order valence-electron chi connectivity index (χ0n) is 13.4. The van der Waals surface area contributed by atoms with Crippen molar-refractivity contribution in [2.45, 2.75) is 53.1 Å². The van der Waals surface area contributed by atoms with Crippen molar-refractivity contribution in [2.75, 3.05) is 13.1 Å². The van der Waals surface area contributed by atoms with Gasteiger partial charge in [-0.3, -0.25) is 4.79 Å². The number of amides is 1. The Hall–Kier alpha value is -1.65. The van der Waals surface area contributed by atoms with E-state index < -0.39 is 0 Å². The van der Waals surface area contributed by atoms with Crippen LogP contribution < -0.4 is 4.74 Å². The van der Waals surface area contributed by atoms with Gasteiger partial charge < -0.3 is 9.64 Å². The van der Waals surface area contributed by atoms with Crippen LogP contribution in [0.5, 0.6) is 5.88 Å². The zero-order valence-corrected chi connectivity index (χ0v) is 13.4. The van der Waals surface area contributed by atoms with Gasteiger partial charge in [0.25, 0.3) is 0 Å². The highest BCUT2D eigenvalue weighted by Gasteiger charge is 2.25. The molecule has 5 nitrogen and oxygen atoms in total. The van der Waals surface area contributed by atoms with Crippen LogP contribution in [-0.4, -0.2) is 40.0 Å². The molecule has 0 saturated carbocycles. The molecular weight excluding hydrogens is 266 g/mol. The van der Waals surface area contributed by atoms with Gasteiger partial charge in [-0.15, -0.1) is 0 Å². The monoisotopic (exact) mass is 291 g/mol. The SMILES string of the molecule is Cc1cc(OC2CCCN(C(=O)CC(C)C)C2)nc(C)n1. The topological polar surface area (TPSA) is 55.3 Å². The van der Waals surface area contributed by atoms with E-state index in [2.05, 4.69) is 23.8 Å². The van der Waals surface area contributed by atoms with Gasteiger partial charge in [0.2, 0.25) is 11.8 Å². The minimum Gasteiger partial charge on any atom is -0.472 e. The van der Waals surface area contributed by atoms with Gasteiger partial charge in [0, 0.05) is 24.7 Å². The summed E-state index contributed by atoms with van der Waals surface area (Å²) in [6.07, 6.45) is 2.59. The normalized spacial score (nSPS) is 18.9. The van der Waals surface area contributed by atoms with Gasteiger partial charge in [-0.05, 0) is 32.6 Å². The third-order valence-electron chi connectivity index (χ3n) is 3.54. The lowest BCUT2D eigenvalue weighted by Gasteiger charge is -2.33. The number of carbonyl (C=O) groups excluding carboxylic acids is 1. The molecule has 0 aliphatic carbocycles. The van der Waals surface area contributed by atoms with Crippen molar-refractivity contribution in [2.24, 2.45) is 5.92 Å². The molecule has 0 spiro atoms. The van der Waals surface area contributed by atoms with Crippen molar-refractivity contribution in [3.8, 4) is 5.88 Å². The van der Waals surface area contributed by atoms with E-state index in [1.807, 2.05) is 24.8 Å². The second-order valence-electron chi connectivity index (χ2n) is 6.21. The van der Waals surface area contributed by atoms with Gasteiger partial charge in [-0.1, -0.05) is 13.8 Å². The number of likely N-dealkylation sites (tertiary alicyclic amines) is 1. The van der Waals surface area contributed by atoms with Gasteiger partial charge in [0.15, 0.2) is 0 Å². The first-order valence-electron chi connectivity index (χ1n) is 7.70. The molecule has 0 aromatic carbocycles. The summed E-state index contributed by atoms with van der Waals surface area (Å²) in [7, 11) is 0. The Morgan fingerprint density at radius 1 is 1.43 bits per heavy atom. The Labute approximate surface area is 126 Å². The fraction of sp³-hybridized carbons (Fsp3) is 0.688. The summed E-state index contributed by atoms with van der Waals surface area (Å²) in [5.41, 5.74) is 0.904. The first-order chi connectivity index (χ1) is 9.94. The second-order valence-corrected chi connectivity index (χ2v) is 6.21. The number of hydrogen-bond acceptors (Lipinski definition) is 4. The summed E-state index contributed by atoms with van der Waals surface area (Å²) < 4.78 is 5.96. The van der Waals surface area contributed by atoms with Gasteiger partial charge in [-0.2, -0.15) is 4.98 Å². The number of carbonyl (C=O) groups is 1. The van der Waals surface area contributed by atoms with E-state index in [1.165, 1.54) is 0 Å². The fourth-order valence-electron chi connectivity index (χ4n) is 2.65. The molecule has 116 valence electrons. The summed E-state index contributed by atoms with van der Waals surface area (Å²) in [5, 5.41) is 0. The molecule has 1 aromatic rings. The Morgan fingerprint density at radius 2 is 2.19 bits per heavy atom. The van der Waals surface area contributed by atoms with E-state index in [-0.39, 0.29) is 12.0 Å². The van der Waals surface area contributed by atoms with Crippen LogP contribution in [0.1, 0.15) is 44.6 Å². The first-order valence-corrected chi connectivity index (χ1v) is 7.70. The number of hydrogen-bond donors (Lipinski definition) is 0. The van der Waals surface area contributed by atoms with Crippen LogP contribution in [0.4, 0.5) is 0 Å². The van der Waals surface area contributed by atoms with Gasteiger partial charge in [0.1, 0.15) is 11.9 Å². The van der Waals surface area contributed by atoms with Crippen LogP contribution in [-0.2, 0) is 4.79 Å². The Morgan fingerprint density at radius 3 is 2.86 bits per heavy atom. The Kier molecular flexibility index (Phi) is 5.15. The number of ether oxygens (including phenoxy) is 1. The van der Waals surface area contributed by atoms with E-state index in [9.17, 15) is 4.79 Å². The lowest BCUT2D eigenvalue weighted by atomic mass is 10.1. The number of nitrogens with zero attached hydrogens (tertiary/aromatic N) is 3. The largest absolute Gasteiger partial charge is 0.472 e. The molecule has 1 aromatic heterocycles. The van der Waals surface area contributed by atoms with Crippen molar-refractivity contribution in [1.29, 1.82) is 0 Å². The smallest absolute Gasteiger partial charge is 0.222 e. The third kappa shape index (κ3) is 4.69. The lowest BCUT2D eigenvalue weighted by Crippen LogP contribution is -2.44. The van der Waals surface area contributed by atoms with E-state index >= 15 is 0 Å². The Balaban J connectivity index is 1.96. The average Bonchev–Trinajstić information content (AvgIpc) is 2.37. The molecular formula is C16H25N3O2.